The van der Waals surface area contributed by atoms with Gasteiger partial charge in [0.25, 0.3) is 0 Å². The normalized spacial score (nSPS) is 18.1. The van der Waals surface area contributed by atoms with Crippen LogP contribution in [0.15, 0.2) is 60.7 Å². The molecule has 0 fully saturated rings. The molecule has 2 heterocycles. The molecule has 0 saturated carbocycles. The van der Waals surface area contributed by atoms with Crippen molar-refractivity contribution in [3.05, 3.63) is 83.0 Å². The van der Waals surface area contributed by atoms with Gasteiger partial charge in [-0.25, -0.2) is 0 Å². The van der Waals surface area contributed by atoms with Crippen LogP contribution in [-0.2, 0) is 11.8 Å². The molecule has 2 heteroatoms. The average Bonchev–Trinajstić information content (AvgIpc) is 3.10. The highest BCUT2D eigenvalue weighted by atomic mass is 15.0. The van der Waals surface area contributed by atoms with Gasteiger partial charge in [-0.1, -0.05) is 76.2 Å². The minimum Gasteiger partial charge on any atom is -0.357 e. The molecule has 0 amide bonds. The molecule has 0 radical (unpaired) electrons. The van der Waals surface area contributed by atoms with Crippen molar-refractivity contribution < 1.29 is 0 Å². The Morgan fingerprint density at radius 2 is 1.72 bits per heavy atom. The van der Waals surface area contributed by atoms with Gasteiger partial charge < -0.3 is 10.3 Å². The van der Waals surface area contributed by atoms with Crippen LogP contribution in [0.25, 0.3) is 21.7 Å². The highest BCUT2D eigenvalue weighted by molar-refractivity contribution is 5.87. The van der Waals surface area contributed by atoms with Crippen LogP contribution in [0.2, 0.25) is 0 Å². The summed E-state index contributed by atoms with van der Waals surface area (Å²) < 4.78 is 0. The van der Waals surface area contributed by atoms with Crippen molar-refractivity contribution in [2.24, 2.45) is 0 Å². The molecular formula is C27H30N2. The van der Waals surface area contributed by atoms with Gasteiger partial charge >= 0.3 is 0 Å². The molecule has 0 aliphatic carbocycles. The van der Waals surface area contributed by atoms with Gasteiger partial charge in [-0.3, -0.25) is 0 Å². The van der Waals surface area contributed by atoms with E-state index in [-0.39, 0.29) is 5.41 Å². The first-order valence-electron chi connectivity index (χ1n) is 10.8. The Hall–Kier alpha value is -2.58. The van der Waals surface area contributed by atoms with Crippen molar-refractivity contribution in [2.45, 2.75) is 51.5 Å². The Morgan fingerprint density at radius 3 is 2.55 bits per heavy atom. The summed E-state index contributed by atoms with van der Waals surface area (Å²) in [4.78, 5) is 3.78. The number of fused-ring (bicyclic) bond motifs is 4. The molecule has 1 unspecified atom stereocenters. The lowest BCUT2D eigenvalue weighted by atomic mass is 9.83. The number of hydrogen-bond acceptors (Lipinski definition) is 1. The molecule has 2 nitrogen and oxygen atoms in total. The average molecular weight is 383 g/mol. The minimum atomic E-state index is 0.168. The zero-order valence-corrected chi connectivity index (χ0v) is 17.8. The molecular weight excluding hydrogens is 352 g/mol. The van der Waals surface area contributed by atoms with E-state index in [1.807, 2.05) is 0 Å². The lowest BCUT2D eigenvalue weighted by Gasteiger charge is -2.30. The van der Waals surface area contributed by atoms with Crippen LogP contribution in [0.3, 0.4) is 0 Å². The van der Waals surface area contributed by atoms with Crippen LogP contribution in [0, 0.1) is 0 Å². The zero-order chi connectivity index (χ0) is 20.2. The summed E-state index contributed by atoms with van der Waals surface area (Å²) in [5.74, 6) is 0.385. The van der Waals surface area contributed by atoms with Gasteiger partial charge in [-0.15, -0.1) is 0 Å². The number of hydrogen-bond donors (Lipinski definition) is 2. The van der Waals surface area contributed by atoms with Crippen LogP contribution in [-0.4, -0.2) is 11.5 Å². The molecule has 5 rings (SSSR count). The summed E-state index contributed by atoms with van der Waals surface area (Å²) in [5.41, 5.74) is 7.13. The van der Waals surface area contributed by atoms with Crippen molar-refractivity contribution in [1.82, 2.24) is 10.3 Å². The quantitative estimate of drug-likeness (QED) is 0.401. The van der Waals surface area contributed by atoms with Gasteiger partial charge in [0.1, 0.15) is 0 Å². The molecule has 0 saturated heterocycles. The van der Waals surface area contributed by atoms with E-state index in [0.717, 1.165) is 13.0 Å². The van der Waals surface area contributed by atoms with Crippen LogP contribution < -0.4 is 5.32 Å². The van der Waals surface area contributed by atoms with E-state index < -0.39 is 0 Å². The molecule has 29 heavy (non-hydrogen) atoms. The fourth-order valence-corrected chi connectivity index (χ4v) is 4.98. The first kappa shape index (κ1) is 18.4. The summed E-state index contributed by atoms with van der Waals surface area (Å²) in [6, 6.07) is 22.7. The van der Waals surface area contributed by atoms with Crippen LogP contribution in [0.5, 0.6) is 0 Å². The summed E-state index contributed by atoms with van der Waals surface area (Å²) in [6.45, 7) is 10.3. The highest BCUT2D eigenvalue weighted by Gasteiger charge is 2.30. The maximum absolute atomic E-state index is 3.81. The van der Waals surface area contributed by atoms with Gasteiger partial charge in [0.15, 0.2) is 0 Å². The summed E-state index contributed by atoms with van der Waals surface area (Å²) in [6.07, 6.45) is 1.09. The van der Waals surface area contributed by atoms with E-state index in [2.05, 4.69) is 98.7 Å². The lowest BCUT2D eigenvalue weighted by molar-refractivity contribution is 0.440. The number of aromatic amines is 1. The molecule has 4 aromatic rings. The first-order chi connectivity index (χ1) is 13.9. The topological polar surface area (TPSA) is 27.8 Å². The second-order valence-corrected chi connectivity index (χ2v) is 9.57. The molecule has 3 aromatic carbocycles. The molecule has 1 aliphatic heterocycles. The molecule has 0 bridgehead atoms. The predicted octanol–water partition coefficient (Wildman–Crippen LogP) is 6.61. The van der Waals surface area contributed by atoms with Crippen molar-refractivity contribution in [3.8, 4) is 0 Å². The smallest absolute Gasteiger partial charge is 0.0543 e. The Bertz CT molecular complexity index is 1190. The van der Waals surface area contributed by atoms with Gasteiger partial charge in [0, 0.05) is 22.5 Å². The number of rotatable bonds is 2. The van der Waals surface area contributed by atoms with Gasteiger partial charge in [0.05, 0.1) is 6.04 Å². The van der Waals surface area contributed by atoms with Crippen LogP contribution in [0.1, 0.15) is 62.0 Å². The highest BCUT2D eigenvalue weighted by Crippen LogP contribution is 2.40. The third-order valence-electron chi connectivity index (χ3n) is 6.67. The monoisotopic (exact) mass is 382 g/mol. The summed E-state index contributed by atoms with van der Waals surface area (Å²) in [5, 5.41) is 7.90. The number of H-pyrrole nitrogens is 1. The maximum Gasteiger partial charge on any atom is 0.0543 e. The molecule has 1 aliphatic rings. The molecule has 148 valence electrons. The van der Waals surface area contributed by atoms with E-state index in [4.69, 9.17) is 0 Å². The second kappa shape index (κ2) is 6.74. The number of aromatic nitrogens is 1. The summed E-state index contributed by atoms with van der Waals surface area (Å²) >= 11 is 0. The second-order valence-electron chi connectivity index (χ2n) is 9.57. The molecule has 0 spiro atoms. The molecule has 1 aromatic heterocycles. The van der Waals surface area contributed by atoms with E-state index in [9.17, 15) is 0 Å². The van der Waals surface area contributed by atoms with Crippen LogP contribution in [0.4, 0.5) is 0 Å². The third-order valence-corrected chi connectivity index (χ3v) is 6.67. The van der Waals surface area contributed by atoms with Gasteiger partial charge in [-0.2, -0.15) is 0 Å². The minimum absolute atomic E-state index is 0.168. The lowest BCUT2D eigenvalue weighted by Crippen LogP contribution is -2.33. The van der Waals surface area contributed by atoms with Gasteiger partial charge in [-0.05, 0) is 58.0 Å². The Balaban J connectivity index is 1.62. The van der Waals surface area contributed by atoms with E-state index in [0.29, 0.717) is 12.0 Å². The standard InChI is InChI=1S/C27H30N2/c1-17(20-11-7-9-18-8-5-6-10-21(18)20)25-26-22(14-15-28-25)23-16-19(27(2,3)4)12-13-24(23)29-26/h5-13,16-17,25,28-29H,14-15H2,1-4H3/t17?,25-/m0/s1. The SMILES string of the molecule is CC(c1cccc2ccccc12)[C@@H]1NCCc2c1[nH]c1ccc(C(C)(C)C)cc21. The number of nitrogens with one attached hydrogen (secondary N) is 2. The van der Waals surface area contributed by atoms with E-state index >= 15 is 0 Å². The fourth-order valence-electron chi connectivity index (χ4n) is 4.98. The zero-order valence-electron chi connectivity index (χ0n) is 17.8. The number of benzene rings is 3. The van der Waals surface area contributed by atoms with Crippen molar-refractivity contribution in [3.63, 3.8) is 0 Å². The third kappa shape index (κ3) is 3.07. The maximum atomic E-state index is 3.81. The molecule has 2 atom stereocenters. The van der Waals surface area contributed by atoms with Crippen molar-refractivity contribution >= 4 is 21.7 Å². The fraction of sp³-hybridized carbons (Fsp3) is 0.333. The first-order valence-corrected chi connectivity index (χ1v) is 10.8. The largest absolute Gasteiger partial charge is 0.357 e. The Labute approximate surface area is 173 Å². The molecule has 2 N–H and O–H groups in total. The van der Waals surface area contributed by atoms with E-state index in [1.165, 1.54) is 44.1 Å². The van der Waals surface area contributed by atoms with Crippen molar-refractivity contribution in [2.75, 3.05) is 6.54 Å². The Morgan fingerprint density at radius 1 is 0.931 bits per heavy atom. The predicted molar refractivity (Wildman–Crippen MR) is 124 cm³/mol. The summed E-state index contributed by atoms with van der Waals surface area (Å²) in [7, 11) is 0. The van der Waals surface area contributed by atoms with Crippen molar-refractivity contribution in [1.29, 1.82) is 0 Å². The Kier molecular flexibility index (Phi) is 4.29. The van der Waals surface area contributed by atoms with Gasteiger partial charge in [0.2, 0.25) is 0 Å². The van der Waals surface area contributed by atoms with E-state index in [1.54, 1.807) is 0 Å². The van der Waals surface area contributed by atoms with Crippen LogP contribution >= 0.6 is 0 Å².